The lowest BCUT2D eigenvalue weighted by atomic mass is 10.1. The third-order valence-electron chi connectivity index (χ3n) is 4.39. The first-order chi connectivity index (χ1) is 11.1. The van der Waals surface area contributed by atoms with E-state index in [1.165, 1.54) is 5.69 Å². The molecule has 23 heavy (non-hydrogen) atoms. The summed E-state index contributed by atoms with van der Waals surface area (Å²) in [6, 6.07) is 2.10. The molecule has 6 nitrogen and oxygen atoms in total. The molecule has 1 fully saturated rings. The van der Waals surface area contributed by atoms with E-state index in [1.807, 2.05) is 6.92 Å². The predicted octanol–water partition coefficient (Wildman–Crippen LogP) is 1.61. The number of aromatic nitrogens is 2. The van der Waals surface area contributed by atoms with Crippen LogP contribution in [0.5, 0.6) is 0 Å². The van der Waals surface area contributed by atoms with Crippen molar-refractivity contribution in [2.45, 2.75) is 59.1 Å². The van der Waals surface area contributed by atoms with Gasteiger partial charge in [0.2, 0.25) is 0 Å². The molecule has 0 aliphatic heterocycles. The molecule has 1 aliphatic rings. The van der Waals surface area contributed by atoms with E-state index in [4.69, 9.17) is 0 Å². The molecule has 2 rings (SSSR count). The van der Waals surface area contributed by atoms with Gasteiger partial charge in [-0.25, -0.2) is 0 Å². The summed E-state index contributed by atoms with van der Waals surface area (Å²) in [5.74, 6) is 1.17. The van der Waals surface area contributed by atoms with Crippen molar-refractivity contribution in [2.24, 2.45) is 10.9 Å². The van der Waals surface area contributed by atoms with Gasteiger partial charge in [0.05, 0.1) is 11.8 Å². The minimum Gasteiger partial charge on any atom is -0.393 e. The zero-order valence-electron chi connectivity index (χ0n) is 14.7. The Morgan fingerprint density at radius 2 is 2.22 bits per heavy atom. The van der Waals surface area contributed by atoms with Gasteiger partial charge in [-0.05, 0) is 46.1 Å². The van der Waals surface area contributed by atoms with Crippen LogP contribution in [0.15, 0.2) is 11.1 Å². The third-order valence-corrected chi connectivity index (χ3v) is 4.39. The molecular weight excluding hydrogens is 290 g/mol. The first-order valence-electron chi connectivity index (χ1n) is 8.81. The fourth-order valence-corrected chi connectivity index (χ4v) is 3.12. The molecule has 0 amide bonds. The molecule has 1 aromatic rings. The topological polar surface area (TPSA) is 74.5 Å². The molecule has 6 heteroatoms. The van der Waals surface area contributed by atoms with Gasteiger partial charge >= 0.3 is 0 Å². The summed E-state index contributed by atoms with van der Waals surface area (Å²) >= 11 is 0. The predicted molar refractivity (Wildman–Crippen MR) is 93.6 cm³/mol. The van der Waals surface area contributed by atoms with Crippen molar-refractivity contribution in [3.63, 3.8) is 0 Å². The second kappa shape index (κ2) is 8.91. The average Bonchev–Trinajstić information content (AvgIpc) is 3.06. The number of rotatable bonds is 7. The lowest BCUT2D eigenvalue weighted by Gasteiger charge is -2.15. The monoisotopic (exact) mass is 321 g/mol. The van der Waals surface area contributed by atoms with Gasteiger partial charge in [0.25, 0.3) is 0 Å². The second-order valence-electron chi connectivity index (χ2n) is 6.41. The molecule has 2 atom stereocenters. The number of nitrogens with one attached hydrogen (secondary N) is 2. The summed E-state index contributed by atoms with van der Waals surface area (Å²) < 4.78 is 2.05. The van der Waals surface area contributed by atoms with Crippen molar-refractivity contribution in [1.82, 2.24) is 20.4 Å². The van der Waals surface area contributed by atoms with Crippen LogP contribution < -0.4 is 10.6 Å². The Labute approximate surface area is 139 Å². The van der Waals surface area contributed by atoms with Crippen LogP contribution in [-0.2, 0) is 6.54 Å². The zero-order valence-corrected chi connectivity index (χ0v) is 14.7. The molecule has 1 heterocycles. The maximum atomic E-state index is 9.88. The number of nitrogens with zero attached hydrogens (tertiary/aromatic N) is 3. The second-order valence-corrected chi connectivity index (χ2v) is 6.41. The highest BCUT2D eigenvalue weighted by atomic mass is 16.3. The van der Waals surface area contributed by atoms with Crippen molar-refractivity contribution in [3.05, 3.63) is 17.5 Å². The van der Waals surface area contributed by atoms with Crippen LogP contribution >= 0.6 is 0 Å². The van der Waals surface area contributed by atoms with Gasteiger partial charge < -0.3 is 15.7 Å². The van der Waals surface area contributed by atoms with Gasteiger partial charge in [-0.2, -0.15) is 5.10 Å². The van der Waals surface area contributed by atoms with Crippen molar-refractivity contribution < 1.29 is 5.11 Å². The normalized spacial score (nSPS) is 21.7. The Kier molecular flexibility index (Phi) is 6.89. The van der Waals surface area contributed by atoms with Crippen LogP contribution in [0.2, 0.25) is 0 Å². The van der Waals surface area contributed by atoms with Crippen molar-refractivity contribution in [1.29, 1.82) is 0 Å². The Hall–Kier alpha value is -1.56. The van der Waals surface area contributed by atoms with Crippen molar-refractivity contribution >= 4 is 5.96 Å². The summed E-state index contributed by atoms with van der Waals surface area (Å²) in [6.07, 6.45) is 3.95. The van der Waals surface area contributed by atoms with E-state index < -0.39 is 0 Å². The van der Waals surface area contributed by atoms with Crippen LogP contribution in [0.1, 0.15) is 44.0 Å². The fourth-order valence-electron chi connectivity index (χ4n) is 3.12. The van der Waals surface area contributed by atoms with Gasteiger partial charge in [0, 0.05) is 37.8 Å². The molecule has 3 N–H and O–H groups in total. The van der Waals surface area contributed by atoms with Gasteiger partial charge in [-0.1, -0.05) is 6.42 Å². The summed E-state index contributed by atoms with van der Waals surface area (Å²) in [6.45, 7) is 9.49. The maximum absolute atomic E-state index is 9.88. The minimum atomic E-state index is -0.173. The highest BCUT2D eigenvalue weighted by Crippen LogP contribution is 2.25. The number of hydrogen-bond donors (Lipinski definition) is 3. The van der Waals surface area contributed by atoms with Crippen LogP contribution in [0.25, 0.3) is 0 Å². The number of aliphatic hydroxyl groups excluding tert-OH is 1. The summed E-state index contributed by atoms with van der Waals surface area (Å²) in [5.41, 5.74) is 2.28. The average molecular weight is 321 g/mol. The van der Waals surface area contributed by atoms with Crippen LogP contribution in [-0.4, -0.2) is 46.6 Å². The van der Waals surface area contributed by atoms with E-state index in [2.05, 4.69) is 45.3 Å². The van der Waals surface area contributed by atoms with E-state index in [1.54, 1.807) is 0 Å². The standard InChI is InChI=1S/C17H31N5O/c1-4-18-17(20-12-15-7-5-8-16(15)23)19-9-6-10-22-14(3)11-13(2)21-22/h11,15-16,23H,4-10,12H2,1-3H3,(H2,18,19,20). The quantitative estimate of drug-likeness (QED) is 0.405. The molecular formula is C17H31N5O. The molecule has 130 valence electrons. The molecule has 0 radical (unpaired) electrons. The lowest BCUT2D eigenvalue weighted by molar-refractivity contribution is 0.136. The van der Waals surface area contributed by atoms with Crippen LogP contribution in [0, 0.1) is 19.8 Å². The van der Waals surface area contributed by atoms with Gasteiger partial charge in [0.15, 0.2) is 5.96 Å². The highest BCUT2D eigenvalue weighted by Gasteiger charge is 2.24. The molecule has 1 aliphatic carbocycles. The zero-order chi connectivity index (χ0) is 16.7. The molecule has 0 saturated heterocycles. The Balaban J connectivity index is 1.74. The Morgan fingerprint density at radius 1 is 1.39 bits per heavy atom. The fraction of sp³-hybridized carbons (Fsp3) is 0.765. The van der Waals surface area contributed by atoms with Gasteiger partial charge in [-0.3, -0.25) is 9.67 Å². The number of aliphatic imine (C=N–C) groups is 1. The number of aliphatic hydroxyl groups is 1. The molecule has 2 unspecified atom stereocenters. The smallest absolute Gasteiger partial charge is 0.191 e. The third kappa shape index (κ3) is 5.53. The number of guanidine groups is 1. The maximum Gasteiger partial charge on any atom is 0.191 e. The van der Waals surface area contributed by atoms with E-state index in [0.29, 0.717) is 12.5 Å². The largest absolute Gasteiger partial charge is 0.393 e. The SMILES string of the molecule is CCNC(=NCC1CCCC1O)NCCCn1nc(C)cc1C. The van der Waals surface area contributed by atoms with Gasteiger partial charge in [0.1, 0.15) is 0 Å². The Bertz CT molecular complexity index is 511. The van der Waals surface area contributed by atoms with Crippen LogP contribution in [0.3, 0.4) is 0 Å². The van der Waals surface area contributed by atoms with Crippen LogP contribution in [0.4, 0.5) is 0 Å². The molecule has 0 spiro atoms. The summed E-state index contributed by atoms with van der Waals surface area (Å²) in [4.78, 5) is 4.62. The van der Waals surface area contributed by atoms with Crippen molar-refractivity contribution in [2.75, 3.05) is 19.6 Å². The first kappa shape index (κ1) is 17.8. The molecule has 0 aromatic carbocycles. The lowest BCUT2D eigenvalue weighted by Crippen LogP contribution is -2.38. The van der Waals surface area contributed by atoms with E-state index in [-0.39, 0.29) is 6.10 Å². The Morgan fingerprint density at radius 3 is 2.83 bits per heavy atom. The molecule has 1 aromatic heterocycles. The molecule has 1 saturated carbocycles. The van der Waals surface area contributed by atoms with E-state index in [0.717, 1.165) is 57.0 Å². The number of hydrogen-bond acceptors (Lipinski definition) is 3. The van der Waals surface area contributed by atoms with E-state index >= 15 is 0 Å². The van der Waals surface area contributed by atoms with Crippen molar-refractivity contribution in [3.8, 4) is 0 Å². The summed E-state index contributed by atoms with van der Waals surface area (Å²) in [7, 11) is 0. The molecule has 0 bridgehead atoms. The highest BCUT2D eigenvalue weighted by molar-refractivity contribution is 5.79. The summed E-state index contributed by atoms with van der Waals surface area (Å²) in [5, 5.41) is 21.0. The first-order valence-corrected chi connectivity index (χ1v) is 8.81. The van der Waals surface area contributed by atoms with E-state index in [9.17, 15) is 5.11 Å². The minimum absolute atomic E-state index is 0.173. The number of aryl methyl sites for hydroxylation is 3. The van der Waals surface area contributed by atoms with Gasteiger partial charge in [-0.15, -0.1) is 0 Å².